The molecule has 0 heterocycles. The van der Waals surface area contributed by atoms with Crippen molar-refractivity contribution in [2.75, 3.05) is 12.4 Å². The highest BCUT2D eigenvalue weighted by Gasteiger charge is 2.06. The van der Waals surface area contributed by atoms with Crippen molar-refractivity contribution >= 4 is 31.5 Å². The van der Waals surface area contributed by atoms with Gasteiger partial charge in [-0.25, -0.2) is 8.42 Å². The summed E-state index contributed by atoms with van der Waals surface area (Å²) in [6.07, 6.45) is 0. The van der Waals surface area contributed by atoms with E-state index < -0.39 is 9.05 Å². The van der Waals surface area contributed by atoms with Crippen LogP contribution in [0.4, 0.5) is 4.39 Å². The normalized spacial score (nSPS) is 11.6. The van der Waals surface area contributed by atoms with Crippen molar-refractivity contribution in [3.63, 3.8) is 0 Å². The summed E-state index contributed by atoms with van der Waals surface area (Å²) in [4.78, 5) is 0.920. The third-order valence-electron chi connectivity index (χ3n) is 1.61. The van der Waals surface area contributed by atoms with Crippen LogP contribution >= 0.6 is 22.4 Å². The Morgan fingerprint density at radius 2 is 1.87 bits per heavy atom. The summed E-state index contributed by atoms with van der Waals surface area (Å²) in [7, 11) is 1.61. The quantitative estimate of drug-likeness (QED) is 0.608. The Morgan fingerprint density at radius 1 is 1.27 bits per heavy atom. The molecule has 0 unspecified atom stereocenters. The van der Waals surface area contributed by atoms with Crippen molar-refractivity contribution in [1.29, 1.82) is 0 Å². The molecular formula is C9H10ClFO2S2. The predicted octanol–water partition coefficient (Wildman–Crippen LogP) is 2.82. The topological polar surface area (TPSA) is 34.1 Å². The Balaban J connectivity index is 2.64. The van der Waals surface area contributed by atoms with Crippen LogP contribution in [-0.4, -0.2) is 20.8 Å². The van der Waals surface area contributed by atoms with E-state index in [0.29, 0.717) is 11.3 Å². The number of halogens is 2. The van der Waals surface area contributed by atoms with E-state index in [2.05, 4.69) is 0 Å². The van der Waals surface area contributed by atoms with Gasteiger partial charge in [-0.3, -0.25) is 4.39 Å². The molecule has 0 aliphatic carbocycles. The number of hydrogen-bond acceptors (Lipinski definition) is 3. The van der Waals surface area contributed by atoms with Crippen LogP contribution in [0, 0.1) is 0 Å². The molecule has 0 bridgehead atoms. The maximum atomic E-state index is 11.9. The second-order valence-electron chi connectivity index (χ2n) is 2.86. The second kappa shape index (κ2) is 5.72. The number of rotatable bonds is 5. The van der Waals surface area contributed by atoms with Crippen LogP contribution in [-0.2, 0) is 14.8 Å². The first-order chi connectivity index (χ1) is 7.01. The Kier molecular flexibility index (Phi) is 4.89. The summed E-state index contributed by atoms with van der Waals surface area (Å²) in [5.74, 6) is 0.232. The van der Waals surface area contributed by atoms with Crippen LogP contribution in [0.25, 0.3) is 0 Å². The monoisotopic (exact) mass is 268 g/mol. The van der Waals surface area contributed by atoms with E-state index in [1.165, 1.54) is 11.8 Å². The van der Waals surface area contributed by atoms with E-state index in [1.807, 2.05) is 0 Å². The molecule has 1 aromatic carbocycles. The lowest BCUT2D eigenvalue weighted by Gasteiger charge is -2.01. The van der Waals surface area contributed by atoms with Crippen LogP contribution in [0.2, 0.25) is 0 Å². The summed E-state index contributed by atoms with van der Waals surface area (Å²) in [6.45, 7) is -0.373. The fraction of sp³-hybridized carbons (Fsp3) is 0.333. The number of benzene rings is 1. The molecule has 0 fully saturated rings. The van der Waals surface area contributed by atoms with Gasteiger partial charge in [0.15, 0.2) is 0 Å². The van der Waals surface area contributed by atoms with Crippen LogP contribution in [0.1, 0.15) is 5.56 Å². The van der Waals surface area contributed by atoms with E-state index >= 15 is 0 Å². The first kappa shape index (κ1) is 12.8. The molecule has 0 aromatic heterocycles. The molecule has 0 atom stereocenters. The highest BCUT2D eigenvalue weighted by atomic mass is 35.7. The standard InChI is InChI=1S/C9H10ClFO2S2/c10-15(12,13)7-8-1-3-9(4-2-8)14-6-5-11/h1-4H,5-7H2. The highest BCUT2D eigenvalue weighted by Crippen LogP contribution is 2.19. The minimum Gasteiger partial charge on any atom is -0.250 e. The molecule has 0 aliphatic rings. The maximum absolute atomic E-state index is 11.9. The molecule has 84 valence electrons. The Morgan fingerprint density at radius 3 is 2.33 bits per heavy atom. The molecule has 6 heteroatoms. The molecule has 2 nitrogen and oxygen atoms in total. The molecule has 0 amide bonds. The predicted molar refractivity (Wildman–Crippen MR) is 61.6 cm³/mol. The van der Waals surface area contributed by atoms with Crippen LogP contribution in [0.3, 0.4) is 0 Å². The summed E-state index contributed by atoms with van der Waals surface area (Å²) in [6, 6.07) is 6.89. The van der Waals surface area contributed by atoms with Crippen molar-refractivity contribution in [3.05, 3.63) is 29.8 Å². The van der Waals surface area contributed by atoms with Gasteiger partial charge in [-0.1, -0.05) is 12.1 Å². The van der Waals surface area contributed by atoms with E-state index in [-0.39, 0.29) is 12.4 Å². The largest absolute Gasteiger partial charge is 0.250 e. The average molecular weight is 269 g/mol. The smallest absolute Gasteiger partial charge is 0.236 e. The molecule has 1 aromatic rings. The minimum atomic E-state index is -3.50. The Labute approximate surface area is 97.2 Å². The molecule has 15 heavy (non-hydrogen) atoms. The molecular weight excluding hydrogens is 259 g/mol. The van der Waals surface area contributed by atoms with Gasteiger partial charge in [0.2, 0.25) is 9.05 Å². The van der Waals surface area contributed by atoms with Crippen molar-refractivity contribution in [2.24, 2.45) is 0 Å². The van der Waals surface area contributed by atoms with Crippen molar-refractivity contribution in [2.45, 2.75) is 10.6 Å². The van der Waals surface area contributed by atoms with Crippen molar-refractivity contribution in [3.8, 4) is 0 Å². The van der Waals surface area contributed by atoms with Gasteiger partial charge in [-0.15, -0.1) is 11.8 Å². The number of thioether (sulfide) groups is 1. The Bertz CT molecular complexity index is 403. The van der Waals surface area contributed by atoms with E-state index in [1.54, 1.807) is 24.3 Å². The van der Waals surface area contributed by atoms with E-state index in [4.69, 9.17) is 10.7 Å². The fourth-order valence-electron chi connectivity index (χ4n) is 1.04. The lowest BCUT2D eigenvalue weighted by Crippen LogP contribution is -1.94. The summed E-state index contributed by atoms with van der Waals surface area (Å²) in [5.41, 5.74) is 0.634. The zero-order chi connectivity index (χ0) is 11.3. The first-order valence-electron chi connectivity index (χ1n) is 4.21. The summed E-state index contributed by atoms with van der Waals surface area (Å²) in [5, 5.41) is 0. The lowest BCUT2D eigenvalue weighted by molar-refractivity contribution is 0.533. The number of hydrogen-bond donors (Lipinski definition) is 0. The van der Waals surface area contributed by atoms with E-state index in [9.17, 15) is 12.8 Å². The van der Waals surface area contributed by atoms with Crippen LogP contribution in [0.15, 0.2) is 29.2 Å². The first-order valence-corrected chi connectivity index (χ1v) is 7.68. The summed E-state index contributed by atoms with van der Waals surface area (Å²) >= 11 is 1.39. The molecule has 0 radical (unpaired) electrons. The van der Waals surface area contributed by atoms with Crippen LogP contribution < -0.4 is 0 Å². The number of alkyl halides is 1. The molecule has 0 saturated heterocycles. The van der Waals surface area contributed by atoms with Gasteiger partial charge in [-0.2, -0.15) is 0 Å². The molecule has 0 saturated carbocycles. The third kappa shape index (κ3) is 5.39. The average Bonchev–Trinajstić information content (AvgIpc) is 2.14. The van der Waals surface area contributed by atoms with Gasteiger partial charge < -0.3 is 0 Å². The highest BCUT2D eigenvalue weighted by molar-refractivity contribution is 8.13. The zero-order valence-corrected chi connectivity index (χ0v) is 10.2. The molecule has 1 rings (SSSR count). The molecule has 0 aliphatic heterocycles. The molecule has 0 spiro atoms. The zero-order valence-electron chi connectivity index (χ0n) is 7.82. The third-order valence-corrected chi connectivity index (χ3v) is 3.58. The van der Waals surface area contributed by atoms with Gasteiger partial charge in [0, 0.05) is 21.3 Å². The second-order valence-corrected chi connectivity index (χ2v) is 6.81. The van der Waals surface area contributed by atoms with Crippen molar-refractivity contribution in [1.82, 2.24) is 0 Å². The van der Waals surface area contributed by atoms with Crippen LogP contribution in [0.5, 0.6) is 0 Å². The van der Waals surface area contributed by atoms with E-state index in [0.717, 1.165) is 4.90 Å². The van der Waals surface area contributed by atoms with Gasteiger partial charge in [-0.05, 0) is 17.7 Å². The molecule has 0 N–H and O–H groups in total. The van der Waals surface area contributed by atoms with Crippen molar-refractivity contribution < 1.29 is 12.8 Å². The lowest BCUT2D eigenvalue weighted by atomic mass is 10.2. The maximum Gasteiger partial charge on any atom is 0.236 e. The Hall–Kier alpha value is -0.260. The summed E-state index contributed by atoms with van der Waals surface area (Å²) < 4.78 is 33.4. The fourth-order valence-corrected chi connectivity index (χ4v) is 2.65. The van der Waals surface area contributed by atoms with Gasteiger partial charge in [0.05, 0.1) is 12.4 Å². The minimum absolute atomic E-state index is 0.178. The SMILES string of the molecule is O=S(=O)(Cl)Cc1ccc(SCCF)cc1. The van der Waals surface area contributed by atoms with Gasteiger partial charge >= 0.3 is 0 Å². The van der Waals surface area contributed by atoms with Gasteiger partial charge in [0.1, 0.15) is 0 Å². The van der Waals surface area contributed by atoms with Gasteiger partial charge in [0.25, 0.3) is 0 Å².